The lowest BCUT2D eigenvalue weighted by Gasteiger charge is -2.12. The van der Waals surface area contributed by atoms with Crippen LogP contribution in [0, 0.1) is 24.0 Å². The van der Waals surface area contributed by atoms with Crippen LogP contribution in [-0.4, -0.2) is 14.7 Å². The largest absolute Gasteiger partial charge is 0.423 e. The van der Waals surface area contributed by atoms with Gasteiger partial charge in [0.15, 0.2) is 0 Å². The third kappa shape index (κ3) is 4.56. The van der Waals surface area contributed by atoms with Gasteiger partial charge in [0.2, 0.25) is 0 Å². The first kappa shape index (κ1) is 20.4. The predicted molar refractivity (Wildman–Crippen MR) is 103 cm³/mol. The number of hydrogen-bond donors (Lipinski definition) is 1. The third-order valence-corrected chi connectivity index (χ3v) is 4.67. The maximum Gasteiger partial charge on any atom is 0.423 e. The molecule has 3 aromatic rings. The van der Waals surface area contributed by atoms with Crippen LogP contribution in [0.15, 0.2) is 48.5 Å². The van der Waals surface area contributed by atoms with Gasteiger partial charge < -0.3 is 5.32 Å². The second kappa shape index (κ2) is 7.94. The van der Waals surface area contributed by atoms with Crippen LogP contribution in [0.25, 0.3) is 0 Å². The van der Waals surface area contributed by atoms with Gasteiger partial charge in [-0.2, -0.15) is 18.3 Å². The average molecular weight is 404 g/mol. The molecule has 0 amide bonds. The van der Waals surface area contributed by atoms with Gasteiger partial charge in [0, 0.05) is 29.6 Å². The van der Waals surface area contributed by atoms with Crippen LogP contribution in [0.1, 0.15) is 28.1 Å². The minimum Gasteiger partial charge on any atom is -0.381 e. The molecule has 0 radical (unpaired) electrons. The van der Waals surface area contributed by atoms with Crippen LogP contribution in [0.5, 0.6) is 0 Å². The summed E-state index contributed by atoms with van der Waals surface area (Å²) in [6.07, 6.45) is -4.81. The summed E-state index contributed by atoms with van der Waals surface area (Å²) in [4.78, 5) is 9.84. The molecule has 0 atom stereocenters. The number of halogens is 3. The van der Waals surface area contributed by atoms with E-state index in [1.54, 1.807) is 0 Å². The summed E-state index contributed by atoms with van der Waals surface area (Å²) in [5.74, 6) is 0. The number of nitrogens with zero attached hydrogens (tertiary/aromatic N) is 3. The van der Waals surface area contributed by atoms with E-state index in [1.807, 2.05) is 48.9 Å². The van der Waals surface area contributed by atoms with E-state index < -0.39 is 22.4 Å². The Bertz CT molecular complexity index is 1030. The molecule has 0 bridgehead atoms. The topological polar surface area (TPSA) is 73.0 Å². The minimum atomic E-state index is -4.81. The van der Waals surface area contributed by atoms with Crippen molar-refractivity contribution in [2.24, 2.45) is 0 Å². The molecule has 0 fully saturated rings. The highest BCUT2D eigenvalue weighted by Crippen LogP contribution is 2.37. The highest BCUT2D eigenvalue weighted by Gasteiger charge is 2.38. The van der Waals surface area contributed by atoms with Crippen molar-refractivity contribution < 1.29 is 18.1 Å². The minimum absolute atomic E-state index is 0.150. The van der Waals surface area contributed by atoms with Gasteiger partial charge in [0.1, 0.15) is 5.56 Å². The van der Waals surface area contributed by atoms with Gasteiger partial charge in [-0.25, -0.2) is 0 Å². The van der Waals surface area contributed by atoms with Crippen molar-refractivity contribution in [3.05, 3.63) is 86.7 Å². The lowest BCUT2D eigenvalue weighted by atomic mass is 10.1. The molecule has 0 aliphatic rings. The molecule has 6 nitrogen and oxygen atoms in total. The lowest BCUT2D eigenvalue weighted by molar-refractivity contribution is -0.388. The molecule has 1 N–H and O–H groups in total. The number of anilines is 1. The number of hydrogen-bond acceptors (Lipinski definition) is 4. The summed E-state index contributed by atoms with van der Waals surface area (Å²) in [5.41, 5.74) is 1.53. The Hall–Kier alpha value is -3.36. The van der Waals surface area contributed by atoms with E-state index >= 15 is 0 Å². The number of benzene rings is 2. The van der Waals surface area contributed by atoms with Crippen molar-refractivity contribution in [2.45, 2.75) is 33.1 Å². The van der Waals surface area contributed by atoms with E-state index in [4.69, 9.17) is 0 Å². The molecule has 0 unspecified atom stereocenters. The highest BCUT2D eigenvalue weighted by molar-refractivity contribution is 5.55. The first-order valence-electron chi connectivity index (χ1n) is 8.83. The summed E-state index contributed by atoms with van der Waals surface area (Å²) >= 11 is 0. The average Bonchev–Trinajstić information content (AvgIpc) is 2.93. The summed E-state index contributed by atoms with van der Waals surface area (Å²) in [7, 11) is 0. The zero-order valence-corrected chi connectivity index (χ0v) is 15.8. The van der Waals surface area contributed by atoms with Gasteiger partial charge >= 0.3 is 6.18 Å². The first-order chi connectivity index (χ1) is 13.7. The number of nitro benzene ring substituents is 1. The number of aryl methyl sites for hydroxylation is 1. The fourth-order valence-corrected chi connectivity index (χ4v) is 3.12. The van der Waals surface area contributed by atoms with Crippen molar-refractivity contribution >= 4 is 11.4 Å². The lowest BCUT2D eigenvalue weighted by Crippen LogP contribution is -2.10. The molecule has 1 heterocycles. The van der Waals surface area contributed by atoms with Crippen molar-refractivity contribution in [1.29, 1.82) is 0 Å². The van der Waals surface area contributed by atoms with Crippen LogP contribution < -0.4 is 5.32 Å². The number of alkyl halides is 3. The number of nitrogens with one attached hydrogen (secondary N) is 1. The van der Waals surface area contributed by atoms with Gasteiger partial charge in [-0.05, 0) is 31.5 Å². The summed E-state index contributed by atoms with van der Waals surface area (Å²) in [6, 6.07) is 12.7. The Morgan fingerprint density at radius 3 is 2.45 bits per heavy atom. The van der Waals surface area contributed by atoms with Crippen LogP contribution in [0.3, 0.4) is 0 Å². The second-order valence-corrected chi connectivity index (χ2v) is 6.63. The fraction of sp³-hybridized carbons (Fsp3) is 0.250. The SMILES string of the molecule is Cc1nn(Cc2ccccc2)c(C)c1CNc1ccc([N+](=O)[O-])c(C(F)(F)F)c1. The number of nitro groups is 1. The second-order valence-electron chi connectivity index (χ2n) is 6.63. The molecule has 1 aromatic heterocycles. The Kier molecular flexibility index (Phi) is 5.58. The standard InChI is InChI=1S/C20H19F3N4O2/c1-13-17(14(2)26(25-13)12-15-6-4-3-5-7-15)11-24-16-8-9-19(27(28)29)18(10-16)20(21,22)23/h3-10,24H,11-12H2,1-2H3. The molecular weight excluding hydrogens is 385 g/mol. The quantitative estimate of drug-likeness (QED) is 0.459. The Morgan fingerprint density at radius 1 is 1.14 bits per heavy atom. The summed E-state index contributed by atoms with van der Waals surface area (Å²) in [5, 5.41) is 18.3. The monoisotopic (exact) mass is 404 g/mol. The van der Waals surface area contributed by atoms with Crippen molar-refractivity contribution in [1.82, 2.24) is 9.78 Å². The molecular formula is C20H19F3N4O2. The van der Waals surface area contributed by atoms with E-state index in [1.165, 1.54) is 6.07 Å². The van der Waals surface area contributed by atoms with Crippen molar-refractivity contribution in [3.8, 4) is 0 Å². The molecule has 0 aliphatic heterocycles. The molecule has 3 rings (SSSR count). The van der Waals surface area contributed by atoms with E-state index in [2.05, 4.69) is 10.4 Å². The molecule has 152 valence electrons. The zero-order valence-electron chi connectivity index (χ0n) is 15.8. The van der Waals surface area contributed by atoms with E-state index in [9.17, 15) is 23.3 Å². The van der Waals surface area contributed by atoms with Crippen molar-refractivity contribution in [3.63, 3.8) is 0 Å². The maximum absolute atomic E-state index is 13.1. The van der Waals surface area contributed by atoms with Crippen molar-refractivity contribution in [2.75, 3.05) is 5.32 Å². The zero-order chi connectivity index (χ0) is 21.2. The smallest absolute Gasteiger partial charge is 0.381 e. The van der Waals surface area contributed by atoms with Gasteiger partial charge in [-0.1, -0.05) is 30.3 Å². The number of aromatic nitrogens is 2. The fourth-order valence-electron chi connectivity index (χ4n) is 3.12. The predicted octanol–water partition coefficient (Wildman–Crippen LogP) is 5.09. The third-order valence-electron chi connectivity index (χ3n) is 4.67. The molecule has 0 saturated carbocycles. The summed E-state index contributed by atoms with van der Waals surface area (Å²) in [6.45, 7) is 4.57. The van der Waals surface area contributed by atoms with Gasteiger partial charge in [0.25, 0.3) is 5.69 Å². The number of rotatable bonds is 6. The van der Waals surface area contributed by atoms with Crippen LogP contribution in [0.4, 0.5) is 24.5 Å². The van der Waals surface area contributed by atoms with Gasteiger partial charge in [-0.3, -0.25) is 14.8 Å². The Morgan fingerprint density at radius 2 is 1.83 bits per heavy atom. The molecule has 9 heteroatoms. The van der Waals surface area contributed by atoms with Gasteiger partial charge in [-0.15, -0.1) is 0 Å². The van der Waals surface area contributed by atoms with E-state index in [0.717, 1.165) is 34.6 Å². The van der Waals surface area contributed by atoms with E-state index in [0.29, 0.717) is 6.54 Å². The van der Waals surface area contributed by atoms with Gasteiger partial charge in [0.05, 0.1) is 17.2 Å². The molecule has 0 spiro atoms. The van der Waals surface area contributed by atoms with Crippen LogP contribution >= 0.6 is 0 Å². The van der Waals surface area contributed by atoms with Crippen LogP contribution in [-0.2, 0) is 19.3 Å². The Labute approximate surface area is 165 Å². The Balaban J connectivity index is 1.81. The molecule has 29 heavy (non-hydrogen) atoms. The highest BCUT2D eigenvalue weighted by atomic mass is 19.4. The van der Waals surface area contributed by atoms with Crippen LogP contribution in [0.2, 0.25) is 0 Å². The molecule has 0 saturated heterocycles. The maximum atomic E-state index is 13.1. The molecule has 2 aromatic carbocycles. The summed E-state index contributed by atoms with van der Waals surface area (Å²) < 4.78 is 41.3. The normalized spacial score (nSPS) is 11.5. The molecule has 0 aliphatic carbocycles. The first-order valence-corrected chi connectivity index (χ1v) is 8.83. The van der Waals surface area contributed by atoms with E-state index in [-0.39, 0.29) is 12.2 Å².